The van der Waals surface area contributed by atoms with Gasteiger partial charge < -0.3 is 15.0 Å². The quantitative estimate of drug-likeness (QED) is 0.908. The molecule has 21 heavy (non-hydrogen) atoms. The molecular formula is C17H22N2O2. The van der Waals surface area contributed by atoms with Gasteiger partial charge in [-0.25, -0.2) is 0 Å². The van der Waals surface area contributed by atoms with Crippen LogP contribution in [0, 0.1) is 0 Å². The van der Waals surface area contributed by atoms with E-state index in [1.807, 2.05) is 25.3 Å². The average molecular weight is 286 g/mol. The van der Waals surface area contributed by atoms with Crippen molar-refractivity contribution >= 4 is 16.8 Å². The minimum atomic E-state index is -0.225. The number of para-hydroxylation sites is 1. The van der Waals surface area contributed by atoms with Crippen molar-refractivity contribution in [3.05, 3.63) is 36.0 Å². The Bertz CT molecular complexity index is 649. The monoisotopic (exact) mass is 286 g/mol. The van der Waals surface area contributed by atoms with Crippen LogP contribution in [0.3, 0.4) is 0 Å². The van der Waals surface area contributed by atoms with Crippen molar-refractivity contribution in [2.75, 3.05) is 6.61 Å². The molecule has 4 nitrogen and oxygen atoms in total. The number of carbonyl (C=O) groups is 1. The van der Waals surface area contributed by atoms with E-state index in [9.17, 15) is 4.79 Å². The van der Waals surface area contributed by atoms with Crippen LogP contribution in [0.5, 0.6) is 0 Å². The first kappa shape index (κ1) is 14.1. The molecule has 1 aromatic heterocycles. The van der Waals surface area contributed by atoms with Gasteiger partial charge >= 0.3 is 0 Å². The molecule has 2 atom stereocenters. The summed E-state index contributed by atoms with van der Waals surface area (Å²) in [5, 5.41) is 4.34. The van der Waals surface area contributed by atoms with Crippen LogP contribution in [0.25, 0.3) is 10.9 Å². The fourth-order valence-electron chi connectivity index (χ4n) is 2.97. The molecule has 0 aliphatic carbocycles. The first-order valence-electron chi connectivity index (χ1n) is 7.56. The molecule has 2 unspecified atom stereocenters. The molecule has 0 radical (unpaired) electrons. The topological polar surface area (TPSA) is 54.1 Å². The van der Waals surface area contributed by atoms with E-state index in [0.29, 0.717) is 6.42 Å². The summed E-state index contributed by atoms with van der Waals surface area (Å²) in [6.07, 6.45) is 4.22. The standard InChI is InChI=1S/C17H22N2O2/c1-12-17(2,9-10-21-12)19-16(20)8-7-13-11-18-15-6-4-3-5-14(13)15/h3-6,11-12,18H,7-10H2,1-2H3,(H,19,20). The van der Waals surface area contributed by atoms with Crippen molar-refractivity contribution in [3.8, 4) is 0 Å². The minimum absolute atomic E-state index is 0.0783. The van der Waals surface area contributed by atoms with E-state index in [-0.39, 0.29) is 17.6 Å². The van der Waals surface area contributed by atoms with Gasteiger partial charge in [-0.15, -0.1) is 0 Å². The number of rotatable bonds is 4. The summed E-state index contributed by atoms with van der Waals surface area (Å²) in [5.74, 6) is 0.0973. The zero-order chi connectivity index (χ0) is 14.9. The molecule has 3 rings (SSSR count). The van der Waals surface area contributed by atoms with E-state index in [1.165, 1.54) is 10.9 Å². The van der Waals surface area contributed by atoms with E-state index in [2.05, 4.69) is 29.4 Å². The maximum atomic E-state index is 12.2. The summed E-state index contributed by atoms with van der Waals surface area (Å²) in [5.41, 5.74) is 2.09. The second kappa shape index (κ2) is 5.53. The third-order valence-corrected chi connectivity index (χ3v) is 4.61. The van der Waals surface area contributed by atoms with Gasteiger partial charge in [0, 0.05) is 30.1 Å². The summed E-state index contributed by atoms with van der Waals surface area (Å²) in [7, 11) is 0. The van der Waals surface area contributed by atoms with Crippen LogP contribution in [0.15, 0.2) is 30.5 Å². The third kappa shape index (κ3) is 2.81. The van der Waals surface area contributed by atoms with E-state index >= 15 is 0 Å². The number of amides is 1. The number of aryl methyl sites for hydroxylation is 1. The van der Waals surface area contributed by atoms with Crippen molar-refractivity contribution in [1.29, 1.82) is 0 Å². The van der Waals surface area contributed by atoms with Gasteiger partial charge in [-0.05, 0) is 38.3 Å². The molecule has 1 aliphatic rings. The molecule has 2 aromatic rings. The van der Waals surface area contributed by atoms with Gasteiger partial charge in [0.15, 0.2) is 0 Å². The zero-order valence-corrected chi connectivity index (χ0v) is 12.6. The van der Waals surface area contributed by atoms with Gasteiger partial charge in [0.2, 0.25) is 5.91 Å². The fourth-order valence-corrected chi connectivity index (χ4v) is 2.97. The molecule has 112 valence electrons. The highest BCUT2D eigenvalue weighted by Gasteiger charge is 2.37. The third-order valence-electron chi connectivity index (χ3n) is 4.61. The molecule has 0 saturated carbocycles. The molecule has 0 bridgehead atoms. The Morgan fingerprint density at radius 1 is 1.48 bits per heavy atom. The van der Waals surface area contributed by atoms with Gasteiger partial charge in [0.05, 0.1) is 11.6 Å². The Kier molecular flexibility index (Phi) is 3.72. The maximum absolute atomic E-state index is 12.2. The van der Waals surface area contributed by atoms with Crippen molar-refractivity contribution in [2.45, 2.75) is 44.8 Å². The number of fused-ring (bicyclic) bond motifs is 1. The van der Waals surface area contributed by atoms with E-state index in [0.717, 1.165) is 25.0 Å². The SMILES string of the molecule is CC1OCCC1(C)NC(=O)CCc1c[nH]c2ccccc12. The van der Waals surface area contributed by atoms with Gasteiger partial charge in [-0.3, -0.25) is 4.79 Å². The number of carbonyl (C=O) groups excluding carboxylic acids is 1. The predicted molar refractivity (Wildman–Crippen MR) is 83.2 cm³/mol. The first-order chi connectivity index (χ1) is 10.1. The molecule has 1 aromatic carbocycles. The van der Waals surface area contributed by atoms with Crippen LogP contribution >= 0.6 is 0 Å². The average Bonchev–Trinajstić information content (AvgIpc) is 3.01. The number of hydrogen-bond donors (Lipinski definition) is 2. The van der Waals surface area contributed by atoms with Crippen molar-refractivity contribution in [1.82, 2.24) is 10.3 Å². The number of ether oxygens (including phenoxy) is 1. The zero-order valence-electron chi connectivity index (χ0n) is 12.6. The molecule has 4 heteroatoms. The van der Waals surface area contributed by atoms with E-state index in [4.69, 9.17) is 4.74 Å². The highest BCUT2D eigenvalue weighted by atomic mass is 16.5. The maximum Gasteiger partial charge on any atom is 0.220 e. The van der Waals surface area contributed by atoms with E-state index in [1.54, 1.807) is 0 Å². The van der Waals surface area contributed by atoms with Crippen LogP contribution in [0.2, 0.25) is 0 Å². The van der Waals surface area contributed by atoms with Crippen molar-refractivity contribution in [3.63, 3.8) is 0 Å². The Morgan fingerprint density at radius 3 is 3.05 bits per heavy atom. The summed E-state index contributed by atoms with van der Waals surface area (Å²) in [6, 6.07) is 8.18. The van der Waals surface area contributed by atoms with Crippen LogP contribution in [0.4, 0.5) is 0 Å². The fraction of sp³-hybridized carbons (Fsp3) is 0.471. The molecule has 1 amide bonds. The summed E-state index contributed by atoms with van der Waals surface area (Å²) >= 11 is 0. The number of aromatic nitrogens is 1. The Hall–Kier alpha value is -1.81. The Balaban J connectivity index is 1.61. The van der Waals surface area contributed by atoms with Crippen LogP contribution in [-0.2, 0) is 16.0 Å². The normalized spacial score (nSPS) is 25.3. The first-order valence-corrected chi connectivity index (χ1v) is 7.56. The highest BCUT2D eigenvalue weighted by Crippen LogP contribution is 2.25. The number of benzene rings is 1. The number of aromatic amines is 1. The number of nitrogens with one attached hydrogen (secondary N) is 2. The van der Waals surface area contributed by atoms with Crippen molar-refractivity contribution < 1.29 is 9.53 Å². The molecular weight excluding hydrogens is 264 g/mol. The number of hydrogen-bond acceptors (Lipinski definition) is 2. The molecule has 1 aliphatic heterocycles. The lowest BCUT2D eigenvalue weighted by molar-refractivity contribution is -0.123. The molecule has 1 fully saturated rings. The second-order valence-corrected chi connectivity index (χ2v) is 6.09. The smallest absolute Gasteiger partial charge is 0.220 e. The Labute approximate surface area is 124 Å². The van der Waals surface area contributed by atoms with Crippen LogP contribution in [-0.4, -0.2) is 29.1 Å². The highest BCUT2D eigenvalue weighted by molar-refractivity contribution is 5.84. The summed E-state index contributed by atoms with van der Waals surface area (Å²) in [6.45, 7) is 4.81. The van der Waals surface area contributed by atoms with Gasteiger partial charge in [-0.2, -0.15) is 0 Å². The number of H-pyrrole nitrogens is 1. The largest absolute Gasteiger partial charge is 0.376 e. The molecule has 0 spiro atoms. The van der Waals surface area contributed by atoms with Gasteiger partial charge in [0.1, 0.15) is 0 Å². The molecule has 2 heterocycles. The lowest BCUT2D eigenvalue weighted by Crippen LogP contribution is -2.50. The Morgan fingerprint density at radius 2 is 2.29 bits per heavy atom. The predicted octanol–water partition coefficient (Wildman–Crippen LogP) is 2.78. The lowest BCUT2D eigenvalue weighted by atomic mass is 9.94. The van der Waals surface area contributed by atoms with Crippen LogP contribution in [0.1, 0.15) is 32.3 Å². The van der Waals surface area contributed by atoms with Crippen LogP contribution < -0.4 is 5.32 Å². The van der Waals surface area contributed by atoms with Crippen molar-refractivity contribution in [2.24, 2.45) is 0 Å². The summed E-state index contributed by atoms with van der Waals surface area (Å²) < 4.78 is 5.56. The second-order valence-electron chi connectivity index (χ2n) is 6.09. The molecule has 2 N–H and O–H groups in total. The van der Waals surface area contributed by atoms with Gasteiger partial charge in [-0.1, -0.05) is 18.2 Å². The lowest BCUT2D eigenvalue weighted by Gasteiger charge is -2.28. The molecule has 1 saturated heterocycles. The summed E-state index contributed by atoms with van der Waals surface area (Å²) in [4.78, 5) is 15.5. The van der Waals surface area contributed by atoms with Gasteiger partial charge in [0.25, 0.3) is 0 Å². The van der Waals surface area contributed by atoms with E-state index < -0.39 is 0 Å². The minimum Gasteiger partial charge on any atom is -0.376 e.